The monoisotopic (exact) mass is 462 g/mol. The van der Waals surface area contributed by atoms with Gasteiger partial charge >= 0.3 is 12.1 Å². The Kier molecular flexibility index (Phi) is 8.46. The lowest BCUT2D eigenvalue weighted by atomic mass is 9.74. The topological polar surface area (TPSA) is 97.3 Å². The Morgan fingerprint density at radius 2 is 1.85 bits per heavy atom. The Bertz CT molecular complexity index is 842. The zero-order valence-corrected chi connectivity index (χ0v) is 20.4. The zero-order valence-electron chi connectivity index (χ0n) is 20.4. The number of alkyl carbamates (subject to hydrolysis) is 1. The van der Waals surface area contributed by atoms with Crippen LogP contribution in [0, 0.1) is 23.7 Å². The van der Waals surface area contributed by atoms with Crippen molar-refractivity contribution in [2.24, 2.45) is 23.7 Å². The van der Waals surface area contributed by atoms with E-state index < -0.39 is 18.0 Å². The van der Waals surface area contributed by atoms with Crippen LogP contribution in [0.5, 0.6) is 11.5 Å². The van der Waals surface area contributed by atoms with Crippen LogP contribution < -0.4 is 14.8 Å². The molecule has 1 aromatic rings. The number of carbonyl (C=O) groups is 2. The molecule has 0 spiro atoms. The average Bonchev–Trinajstić information content (AvgIpc) is 2.79. The smallest absolute Gasteiger partial charge is 0.407 e. The standard InChI is InChI=1S/C25H38N2O6/c1-15(2)8-18-13-27-7-6-17-10-22(31-4)23(32-5)11-20(17)21(27)9-19(18)14-33-25(30)26-12-16(3)24(28)29/h10-11,15-16,18-19,21H,6-9,12-14H2,1-5H3,(H,26,30)(H,28,29)/t16?,18-,19+,21-/m1/s1. The van der Waals surface area contributed by atoms with E-state index in [-0.39, 0.29) is 18.5 Å². The van der Waals surface area contributed by atoms with Gasteiger partial charge in [0, 0.05) is 25.7 Å². The maximum absolute atomic E-state index is 12.2. The van der Waals surface area contributed by atoms with Crippen molar-refractivity contribution >= 4 is 12.1 Å². The van der Waals surface area contributed by atoms with Crippen LogP contribution >= 0.6 is 0 Å². The van der Waals surface area contributed by atoms with Crippen LogP contribution in [-0.4, -0.2) is 62.5 Å². The molecule has 184 valence electrons. The summed E-state index contributed by atoms with van der Waals surface area (Å²) in [6, 6.07) is 4.45. The SMILES string of the molecule is COc1cc2c(cc1OC)[C@H]1C[C@@H](COC(=O)NCC(C)C(=O)O)[C@H](CC(C)C)CN1CC2. The van der Waals surface area contributed by atoms with Gasteiger partial charge in [-0.1, -0.05) is 20.8 Å². The number of carboxylic acids is 1. The van der Waals surface area contributed by atoms with Gasteiger partial charge in [-0.2, -0.15) is 0 Å². The molecule has 0 aliphatic carbocycles. The number of piperidine rings is 1. The minimum Gasteiger partial charge on any atom is -0.493 e. The number of rotatable bonds is 9. The number of ether oxygens (including phenoxy) is 3. The summed E-state index contributed by atoms with van der Waals surface area (Å²) in [6.07, 6.45) is 2.41. The van der Waals surface area contributed by atoms with E-state index in [1.54, 1.807) is 21.1 Å². The fraction of sp³-hybridized carbons (Fsp3) is 0.680. The van der Waals surface area contributed by atoms with Crippen molar-refractivity contribution < 1.29 is 28.9 Å². The van der Waals surface area contributed by atoms with Crippen LogP contribution in [0.3, 0.4) is 0 Å². The predicted octanol–water partition coefficient (Wildman–Crippen LogP) is 3.73. The second kappa shape index (κ2) is 11.1. The van der Waals surface area contributed by atoms with E-state index in [4.69, 9.17) is 19.3 Å². The highest BCUT2D eigenvalue weighted by Gasteiger charge is 2.40. The van der Waals surface area contributed by atoms with Gasteiger partial charge in [-0.25, -0.2) is 4.79 Å². The van der Waals surface area contributed by atoms with Crippen LogP contribution in [0.25, 0.3) is 0 Å². The minimum absolute atomic E-state index is 0.0552. The number of fused-ring (bicyclic) bond motifs is 3. The van der Waals surface area contributed by atoms with Gasteiger partial charge in [-0.15, -0.1) is 0 Å². The van der Waals surface area contributed by atoms with Gasteiger partial charge in [-0.05, 0) is 60.3 Å². The summed E-state index contributed by atoms with van der Waals surface area (Å²) in [4.78, 5) is 25.7. The van der Waals surface area contributed by atoms with Crippen LogP contribution in [0.4, 0.5) is 4.79 Å². The molecular weight excluding hydrogens is 424 g/mol. The molecule has 8 nitrogen and oxygen atoms in total. The number of nitrogens with zero attached hydrogens (tertiary/aromatic N) is 1. The minimum atomic E-state index is -0.942. The van der Waals surface area contributed by atoms with Crippen LogP contribution in [0.15, 0.2) is 12.1 Å². The number of hydrogen-bond acceptors (Lipinski definition) is 6. The summed E-state index contributed by atoms with van der Waals surface area (Å²) in [5.74, 6) is 1.13. The van der Waals surface area contributed by atoms with Crippen molar-refractivity contribution in [1.29, 1.82) is 0 Å². The molecule has 1 aromatic carbocycles. The third kappa shape index (κ3) is 6.10. The number of amides is 1. The van der Waals surface area contributed by atoms with Crippen LogP contribution in [0.2, 0.25) is 0 Å². The molecule has 0 saturated carbocycles. The molecule has 3 rings (SSSR count). The normalized spacial score (nSPS) is 23.3. The fourth-order valence-electron chi connectivity index (χ4n) is 5.14. The second-order valence-electron chi connectivity index (χ2n) is 9.77. The highest BCUT2D eigenvalue weighted by molar-refractivity contribution is 5.72. The summed E-state index contributed by atoms with van der Waals surface area (Å²) < 4.78 is 16.6. The van der Waals surface area contributed by atoms with Gasteiger partial charge in [0.05, 0.1) is 26.7 Å². The van der Waals surface area contributed by atoms with Crippen molar-refractivity contribution in [3.63, 3.8) is 0 Å². The Hall–Kier alpha value is -2.48. The van der Waals surface area contributed by atoms with E-state index >= 15 is 0 Å². The summed E-state index contributed by atoms with van der Waals surface area (Å²) in [7, 11) is 3.32. The lowest BCUT2D eigenvalue weighted by molar-refractivity contribution is -0.140. The molecule has 8 heteroatoms. The number of nitrogens with one attached hydrogen (secondary N) is 1. The summed E-state index contributed by atoms with van der Waals surface area (Å²) in [5, 5.41) is 11.6. The summed E-state index contributed by atoms with van der Waals surface area (Å²) in [6.45, 7) is 8.38. The van der Waals surface area contributed by atoms with Crippen molar-refractivity contribution in [2.75, 3.05) is 40.5 Å². The molecule has 1 saturated heterocycles. The van der Waals surface area contributed by atoms with Gasteiger partial charge in [0.2, 0.25) is 0 Å². The molecule has 2 aliphatic heterocycles. The lowest BCUT2D eigenvalue weighted by Crippen LogP contribution is -2.47. The molecule has 33 heavy (non-hydrogen) atoms. The average molecular weight is 463 g/mol. The largest absolute Gasteiger partial charge is 0.493 e. The van der Waals surface area contributed by atoms with E-state index in [0.29, 0.717) is 18.4 Å². The Balaban J connectivity index is 1.73. The van der Waals surface area contributed by atoms with E-state index in [9.17, 15) is 9.59 Å². The third-order valence-corrected chi connectivity index (χ3v) is 6.95. The Morgan fingerprint density at radius 1 is 1.15 bits per heavy atom. The van der Waals surface area contributed by atoms with Crippen molar-refractivity contribution in [3.05, 3.63) is 23.3 Å². The molecule has 0 radical (unpaired) electrons. The Morgan fingerprint density at radius 3 is 2.48 bits per heavy atom. The van der Waals surface area contributed by atoms with Crippen molar-refractivity contribution in [1.82, 2.24) is 10.2 Å². The summed E-state index contributed by atoms with van der Waals surface area (Å²) in [5.41, 5.74) is 2.56. The van der Waals surface area contributed by atoms with E-state index in [1.807, 2.05) is 0 Å². The van der Waals surface area contributed by atoms with Gasteiger partial charge in [0.25, 0.3) is 0 Å². The molecule has 2 heterocycles. The summed E-state index contributed by atoms with van der Waals surface area (Å²) >= 11 is 0. The quantitative estimate of drug-likeness (QED) is 0.577. The van der Waals surface area contributed by atoms with E-state index in [1.165, 1.54) is 11.1 Å². The predicted molar refractivity (Wildman–Crippen MR) is 125 cm³/mol. The second-order valence-corrected chi connectivity index (χ2v) is 9.77. The number of carboxylic acid groups (broad SMARTS) is 1. The van der Waals surface area contributed by atoms with Gasteiger partial charge < -0.3 is 24.6 Å². The lowest BCUT2D eigenvalue weighted by Gasteiger charge is -2.47. The third-order valence-electron chi connectivity index (χ3n) is 6.95. The maximum Gasteiger partial charge on any atom is 0.407 e. The first-order chi connectivity index (χ1) is 15.7. The molecule has 1 amide bonds. The molecule has 1 fully saturated rings. The molecule has 4 atom stereocenters. The number of carbonyl (C=O) groups excluding carboxylic acids is 1. The highest BCUT2D eigenvalue weighted by atomic mass is 16.5. The van der Waals surface area contributed by atoms with Gasteiger partial charge in [0.15, 0.2) is 11.5 Å². The highest BCUT2D eigenvalue weighted by Crippen LogP contribution is 2.45. The molecule has 0 bridgehead atoms. The van der Waals surface area contributed by atoms with Gasteiger partial charge in [0.1, 0.15) is 0 Å². The van der Waals surface area contributed by atoms with Crippen molar-refractivity contribution in [3.8, 4) is 11.5 Å². The number of methoxy groups -OCH3 is 2. The maximum atomic E-state index is 12.2. The molecule has 2 N–H and O–H groups in total. The van der Waals surface area contributed by atoms with Crippen LogP contribution in [-0.2, 0) is 16.0 Å². The van der Waals surface area contributed by atoms with E-state index in [2.05, 4.69) is 36.2 Å². The van der Waals surface area contributed by atoms with E-state index in [0.717, 1.165) is 43.9 Å². The molecular formula is C25H38N2O6. The first-order valence-electron chi connectivity index (χ1n) is 11.9. The molecule has 0 aromatic heterocycles. The number of aliphatic carboxylic acids is 1. The van der Waals surface area contributed by atoms with Crippen molar-refractivity contribution in [2.45, 2.75) is 46.1 Å². The number of hydrogen-bond donors (Lipinski definition) is 2. The zero-order chi connectivity index (χ0) is 24.1. The van der Waals surface area contributed by atoms with Crippen LogP contribution in [0.1, 0.15) is 50.8 Å². The van der Waals surface area contributed by atoms with Gasteiger partial charge in [-0.3, -0.25) is 9.69 Å². The fourth-order valence-corrected chi connectivity index (χ4v) is 5.14. The Labute approximate surface area is 196 Å². The molecule has 2 aliphatic rings. The molecule has 1 unspecified atom stereocenters. The number of benzene rings is 1. The first kappa shape index (κ1) is 25.1. The first-order valence-corrected chi connectivity index (χ1v) is 11.9.